The van der Waals surface area contributed by atoms with Crippen molar-refractivity contribution in [1.82, 2.24) is 4.90 Å². The van der Waals surface area contributed by atoms with Gasteiger partial charge in [-0.3, -0.25) is 4.79 Å². The third kappa shape index (κ3) is 2.20. The van der Waals surface area contributed by atoms with Crippen molar-refractivity contribution in [3.8, 4) is 0 Å². The fourth-order valence-corrected chi connectivity index (χ4v) is 2.38. The Morgan fingerprint density at radius 1 is 1.39 bits per heavy atom. The van der Waals surface area contributed by atoms with E-state index in [4.69, 9.17) is 10.8 Å². The van der Waals surface area contributed by atoms with Gasteiger partial charge in [-0.15, -0.1) is 0 Å². The van der Waals surface area contributed by atoms with E-state index < -0.39 is 0 Å². The minimum atomic E-state index is -0.362. The lowest BCUT2D eigenvalue weighted by Gasteiger charge is -2.26. The summed E-state index contributed by atoms with van der Waals surface area (Å²) in [5.41, 5.74) is 7.06. The van der Waals surface area contributed by atoms with Crippen LogP contribution in [0.4, 0.5) is 5.69 Å². The number of hydrogen-bond donors (Lipinski definition) is 2. The van der Waals surface area contributed by atoms with Crippen LogP contribution in [0.5, 0.6) is 0 Å². The summed E-state index contributed by atoms with van der Waals surface area (Å²) in [5, 5.41) is 9.00. The van der Waals surface area contributed by atoms with Crippen molar-refractivity contribution in [3.05, 3.63) is 29.8 Å². The molecule has 3 N–H and O–H groups in total. The Balaban J connectivity index is 2.20. The van der Waals surface area contributed by atoms with E-state index in [9.17, 15) is 4.79 Å². The first-order chi connectivity index (χ1) is 8.64. The number of aliphatic hydroxyl groups excluding tert-OH is 1. The van der Waals surface area contributed by atoms with E-state index in [0.29, 0.717) is 18.8 Å². The zero-order chi connectivity index (χ0) is 13.2. The Morgan fingerprint density at radius 2 is 2.00 bits per heavy atom. The Bertz CT molecular complexity index is 424. The maximum atomic E-state index is 12.5. The maximum absolute atomic E-state index is 12.5. The highest BCUT2D eigenvalue weighted by Crippen LogP contribution is 2.49. The van der Waals surface area contributed by atoms with Crippen LogP contribution in [-0.4, -0.2) is 35.6 Å². The highest BCUT2D eigenvalue weighted by Gasteiger charge is 2.52. The van der Waals surface area contributed by atoms with Gasteiger partial charge in [0.2, 0.25) is 5.91 Å². The molecule has 0 radical (unpaired) electrons. The van der Waals surface area contributed by atoms with Crippen LogP contribution < -0.4 is 5.73 Å². The van der Waals surface area contributed by atoms with Gasteiger partial charge < -0.3 is 15.7 Å². The Labute approximate surface area is 107 Å². The van der Waals surface area contributed by atoms with Crippen LogP contribution in [-0.2, 0) is 10.2 Å². The minimum absolute atomic E-state index is 0.0113. The number of rotatable bonds is 5. The molecule has 0 aromatic heterocycles. The summed E-state index contributed by atoms with van der Waals surface area (Å²) < 4.78 is 0. The molecule has 4 nitrogen and oxygen atoms in total. The molecule has 18 heavy (non-hydrogen) atoms. The van der Waals surface area contributed by atoms with Crippen molar-refractivity contribution in [2.24, 2.45) is 0 Å². The highest BCUT2D eigenvalue weighted by molar-refractivity contribution is 5.91. The number of anilines is 1. The van der Waals surface area contributed by atoms with Gasteiger partial charge in [0.05, 0.1) is 12.0 Å². The molecular weight excluding hydrogens is 228 g/mol. The predicted molar refractivity (Wildman–Crippen MR) is 71.1 cm³/mol. The average Bonchev–Trinajstić information content (AvgIpc) is 3.17. The molecule has 1 aliphatic carbocycles. The number of carbonyl (C=O) groups excluding carboxylic acids is 1. The number of benzene rings is 1. The van der Waals surface area contributed by atoms with Gasteiger partial charge in [-0.25, -0.2) is 0 Å². The van der Waals surface area contributed by atoms with E-state index in [1.165, 1.54) is 0 Å². The van der Waals surface area contributed by atoms with Crippen LogP contribution in [0.2, 0.25) is 0 Å². The van der Waals surface area contributed by atoms with E-state index >= 15 is 0 Å². The van der Waals surface area contributed by atoms with Crippen molar-refractivity contribution in [2.45, 2.75) is 25.2 Å². The molecule has 2 rings (SSSR count). The van der Waals surface area contributed by atoms with Crippen LogP contribution in [0, 0.1) is 0 Å². The molecule has 1 fully saturated rings. The molecular formula is C14H20N2O2. The van der Waals surface area contributed by atoms with Gasteiger partial charge in [0.15, 0.2) is 0 Å². The predicted octanol–water partition coefficient (Wildman–Crippen LogP) is 1.14. The minimum Gasteiger partial charge on any atom is -0.399 e. The number of nitrogens with two attached hydrogens (primary N) is 1. The summed E-state index contributed by atoms with van der Waals surface area (Å²) in [7, 11) is 0. The second-order valence-corrected chi connectivity index (χ2v) is 4.81. The topological polar surface area (TPSA) is 66.6 Å². The second kappa shape index (κ2) is 4.98. The second-order valence-electron chi connectivity index (χ2n) is 4.81. The normalized spacial score (nSPS) is 16.3. The van der Waals surface area contributed by atoms with E-state index in [1.807, 2.05) is 31.2 Å². The fourth-order valence-electron chi connectivity index (χ4n) is 2.38. The third-order valence-corrected chi connectivity index (χ3v) is 3.66. The molecule has 4 heteroatoms. The molecule has 1 saturated carbocycles. The highest BCUT2D eigenvalue weighted by atomic mass is 16.3. The van der Waals surface area contributed by atoms with Gasteiger partial charge >= 0.3 is 0 Å². The summed E-state index contributed by atoms with van der Waals surface area (Å²) in [5.74, 6) is 0.129. The van der Waals surface area contributed by atoms with Gasteiger partial charge in [0, 0.05) is 18.8 Å². The van der Waals surface area contributed by atoms with E-state index in [0.717, 1.165) is 18.4 Å². The van der Waals surface area contributed by atoms with Gasteiger partial charge in [-0.2, -0.15) is 0 Å². The standard InChI is InChI=1S/C14H20N2O2/c1-2-16(9-10-17)13(18)14(7-8-14)11-3-5-12(15)6-4-11/h3-6,17H,2,7-10,15H2,1H3. The lowest BCUT2D eigenvalue weighted by Crippen LogP contribution is -2.40. The Kier molecular flexibility index (Phi) is 3.57. The third-order valence-electron chi connectivity index (χ3n) is 3.66. The number of nitrogen functional groups attached to an aromatic ring is 1. The van der Waals surface area contributed by atoms with Gasteiger partial charge in [0.1, 0.15) is 0 Å². The van der Waals surface area contributed by atoms with Gasteiger partial charge in [-0.05, 0) is 37.5 Å². The monoisotopic (exact) mass is 248 g/mol. The first-order valence-corrected chi connectivity index (χ1v) is 6.40. The van der Waals surface area contributed by atoms with E-state index in [2.05, 4.69) is 0 Å². The molecule has 1 amide bonds. The molecule has 1 aromatic rings. The molecule has 0 saturated heterocycles. The molecule has 0 bridgehead atoms. The summed E-state index contributed by atoms with van der Waals surface area (Å²) >= 11 is 0. The lowest BCUT2D eigenvalue weighted by atomic mass is 9.94. The van der Waals surface area contributed by atoms with E-state index in [1.54, 1.807) is 4.90 Å². The molecule has 1 aliphatic rings. The van der Waals surface area contributed by atoms with Crippen molar-refractivity contribution < 1.29 is 9.90 Å². The van der Waals surface area contributed by atoms with Crippen LogP contribution in [0.1, 0.15) is 25.3 Å². The largest absolute Gasteiger partial charge is 0.399 e. The number of nitrogens with zero attached hydrogens (tertiary/aromatic N) is 1. The Hall–Kier alpha value is -1.55. The molecule has 98 valence electrons. The number of carbonyl (C=O) groups is 1. The zero-order valence-electron chi connectivity index (χ0n) is 10.7. The number of amides is 1. The first kappa shape index (κ1) is 12.9. The van der Waals surface area contributed by atoms with Crippen LogP contribution in [0.25, 0.3) is 0 Å². The van der Waals surface area contributed by atoms with Crippen molar-refractivity contribution in [1.29, 1.82) is 0 Å². The quantitative estimate of drug-likeness (QED) is 0.768. The molecule has 0 aliphatic heterocycles. The van der Waals surface area contributed by atoms with Crippen molar-refractivity contribution >= 4 is 11.6 Å². The first-order valence-electron chi connectivity index (χ1n) is 6.40. The average molecular weight is 248 g/mol. The molecule has 1 aromatic carbocycles. The fraction of sp³-hybridized carbons (Fsp3) is 0.500. The van der Waals surface area contributed by atoms with Crippen LogP contribution >= 0.6 is 0 Å². The van der Waals surface area contributed by atoms with Gasteiger partial charge in [0.25, 0.3) is 0 Å². The maximum Gasteiger partial charge on any atom is 0.233 e. The van der Waals surface area contributed by atoms with Crippen LogP contribution in [0.3, 0.4) is 0 Å². The van der Waals surface area contributed by atoms with Gasteiger partial charge in [-0.1, -0.05) is 12.1 Å². The van der Waals surface area contributed by atoms with E-state index in [-0.39, 0.29) is 17.9 Å². The molecule has 0 heterocycles. The number of aliphatic hydroxyl groups is 1. The number of likely N-dealkylation sites (N-methyl/N-ethyl adjacent to an activating group) is 1. The summed E-state index contributed by atoms with van der Waals surface area (Å²) in [6.07, 6.45) is 1.77. The SMILES string of the molecule is CCN(CCO)C(=O)C1(c2ccc(N)cc2)CC1. The summed E-state index contributed by atoms with van der Waals surface area (Å²) in [6.45, 7) is 2.99. The zero-order valence-corrected chi connectivity index (χ0v) is 10.7. The lowest BCUT2D eigenvalue weighted by molar-refractivity contribution is -0.134. The number of hydrogen-bond acceptors (Lipinski definition) is 3. The van der Waals surface area contributed by atoms with Crippen LogP contribution in [0.15, 0.2) is 24.3 Å². The summed E-state index contributed by atoms with van der Waals surface area (Å²) in [4.78, 5) is 14.2. The van der Waals surface area contributed by atoms with Crippen molar-refractivity contribution in [2.75, 3.05) is 25.4 Å². The molecule has 0 spiro atoms. The molecule has 0 unspecified atom stereocenters. The Morgan fingerprint density at radius 3 is 2.44 bits per heavy atom. The summed E-state index contributed by atoms with van der Waals surface area (Å²) in [6, 6.07) is 7.55. The smallest absolute Gasteiger partial charge is 0.233 e. The van der Waals surface area contributed by atoms with Crippen molar-refractivity contribution in [3.63, 3.8) is 0 Å². The molecule has 0 atom stereocenters.